The summed E-state index contributed by atoms with van der Waals surface area (Å²) in [7, 11) is 0. The second-order valence-corrected chi connectivity index (χ2v) is 4.24. The highest BCUT2D eigenvalue weighted by atomic mass is 14.2. The summed E-state index contributed by atoms with van der Waals surface area (Å²) in [5, 5.41) is 0. The van der Waals surface area contributed by atoms with Crippen molar-refractivity contribution in [3.8, 4) is 0 Å². The molecule has 1 fully saturated rings. The molecule has 12 heavy (non-hydrogen) atoms. The standard InChI is InChI=1S/C12H19/c1-3-7-11(8-4-1)12-9-5-2-6-10-12/h11H,1-9H2. The molecule has 0 aliphatic heterocycles. The van der Waals surface area contributed by atoms with Crippen LogP contribution in [0.15, 0.2) is 5.57 Å². The Balaban J connectivity index is 1.92. The molecular weight excluding hydrogens is 144 g/mol. The van der Waals surface area contributed by atoms with E-state index >= 15 is 0 Å². The molecule has 0 saturated heterocycles. The van der Waals surface area contributed by atoms with Crippen LogP contribution in [0.4, 0.5) is 0 Å². The normalized spacial score (nSPS) is 26.8. The molecule has 2 rings (SSSR count). The van der Waals surface area contributed by atoms with E-state index < -0.39 is 0 Å². The predicted molar refractivity (Wildman–Crippen MR) is 51.8 cm³/mol. The number of allylic oxidation sites excluding steroid dienone is 2. The van der Waals surface area contributed by atoms with Crippen LogP contribution in [0.25, 0.3) is 0 Å². The Hall–Kier alpha value is -0.260. The van der Waals surface area contributed by atoms with E-state index in [2.05, 4.69) is 6.08 Å². The van der Waals surface area contributed by atoms with Gasteiger partial charge in [0, 0.05) is 0 Å². The third-order valence-electron chi connectivity index (χ3n) is 3.32. The summed E-state index contributed by atoms with van der Waals surface area (Å²) in [6, 6.07) is 0. The van der Waals surface area contributed by atoms with Gasteiger partial charge >= 0.3 is 0 Å². The lowest BCUT2D eigenvalue weighted by Gasteiger charge is -2.26. The molecule has 67 valence electrons. The molecule has 2 aliphatic rings. The first-order chi connectivity index (χ1) is 5.97. The van der Waals surface area contributed by atoms with Gasteiger partial charge in [-0.25, -0.2) is 0 Å². The van der Waals surface area contributed by atoms with E-state index in [4.69, 9.17) is 0 Å². The molecule has 1 saturated carbocycles. The van der Waals surface area contributed by atoms with Crippen molar-refractivity contribution < 1.29 is 0 Å². The summed E-state index contributed by atoms with van der Waals surface area (Å²) in [4.78, 5) is 0. The van der Waals surface area contributed by atoms with E-state index in [1.54, 1.807) is 5.57 Å². The monoisotopic (exact) mass is 163 g/mol. The lowest BCUT2D eigenvalue weighted by atomic mass is 9.80. The smallest absolute Gasteiger partial charge is 0.0197 e. The molecule has 0 aromatic rings. The van der Waals surface area contributed by atoms with Gasteiger partial charge in [-0.05, 0) is 50.5 Å². The highest BCUT2D eigenvalue weighted by Gasteiger charge is 2.18. The SMILES string of the molecule is [C]1=C(C2CCCCC2)CCCC1. The number of hydrogen-bond acceptors (Lipinski definition) is 0. The van der Waals surface area contributed by atoms with Crippen molar-refractivity contribution >= 4 is 0 Å². The van der Waals surface area contributed by atoms with E-state index in [-0.39, 0.29) is 0 Å². The average Bonchev–Trinajstić information content (AvgIpc) is 2.21. The minimum absolute atomic E-state index is 0.944. The first-order valence-corrected chi connectivity index (χ1v) is 5.56. The Bertz CT molecular complexity index is 161. The van der Waals surface area contributed by atoms with E-state index in [1.807, 2.05) is 0 Å². The number of rotatable bonds is 1. The Labute approximate surface area is 76.1 Å². The van der Waals surface area contributed by atoms with Crippen LogP contribution in [0.1, 0.15) is 57.8 Å². The average molecular weight is 163 g/mol. The molecule has 1 radical (unpaired) electrons. The molecule has 0 heteroatoms. The van der Waals surface area contributed by atoms with Crippen molar-refractivity contribution in [2.24, 2.45) is 5.92 Å². The Morgan fingerprint density at radius 2 is 1.75 bits per heavy atom. The molecule has 0 unspecified atom stereocenters. The lowest BCUT2D eigenvalue weighted by Crippen LogP contribution is -2.11. The van der Waals surface area contributed by atoms with E-state index in [9.17, 15) is 0 Å². The summed E-state index contributed by atoms with van der Waals surface area (Å²) in [6.45, 7) is 0. The molecule has 0 bridgehead atoms. The van der Waals surface area contributed by atoms with Gasteiger partial charge < -0.3 is 0 Å². The van der Waals surface area contributed by atoms with Crippen molar-refractivity contribution in [2.75, 3.05) is 0 Å². The van der Waals surface area contributed by atoms with Crippen LogP contribution in [-0.2, 0) is 0 Å². The van der Waals surface area contributed by atoms with Crippen LogP contribution in [0.2, 0.25) is 0 Å². The fourth-order valence-electron chi connectivity index (χ4n) is 2.58. The highest BCUT2D eigenvalue weighted by molar-refractivity contribution is 5.05. The number of hydrogen-bond donors (Lipinski definition) is 0. The molecule has 0 atom stereocenters. The van der Waals surface area contributed by atoms with Gasteiger partial charge in [0.2, 0.25) is 0 Å². The minimum atomic E-state index is 0.944. The van der Waals surface area contributed by atoms with Crippen molar-refractivity contribution in [1.29, 1.82) is 0 Å². The second-order valence-electron chi connectivity index (χ2n) is 4.24. The topological polar surface area (TPSA) is 0 Å². The van der Waals surface area contributed by atoms with E-state index in [0.717, 1.165) is 5.92 Å². The molecule has 0 heterocycles. The molecular formula is C12H19. The summed E-state index contributed by atoms with van der Waals surface area (Å²) < 4.78 is 0. The van der Waals surface area contributed by atoms with Crippen molar-refractivity contribution in [3.63, 3.8) is 0 Å². The lowest BCUT2D eigenvalue weighted by molar-refractivity contribution is 0.385. The summed E-state index contributed by atoms with van der Waals surface area (Å²) in [6.07, 6.45) is 16.4. The van der Waals surface area contributed by atoms with Gasteiger partial charge in [-0.15, -0.1) is 0 Å². The van der Waals surface area contributed by atoms with Crippen LogP contribution in [-0.4, -0.2) is 0 Å². The molecule has 0 aromatic carbocycles. The molecule has 2 aliphatic carbocycles. The van der Waals surface area contributed by atoms with E-state index in [1.165, 1.54) is 57.8 Å². The van der Waals surface area contributed by atoms with E-state index in [0.29, 0.717) is 0 Å². The summed E-state index contributed by atoms with van der Waals surface area (Å²) in [5.41, 5.74) is 1.70. The van der Waals surface area contributed by atoms with Crippen LogP contribution >= 0.6 is 0 Å². The van der Waals surface area contributed by atoms with Gasteiger partial charge in [0.05, 0.1) is 0 Å². The molecule has 0 spiro atoms. The summed E-state index contributed by atoms with van der Waals surface area (Å²) in [5.74, 6) is 0.944. The van der Waals surface area contributed by atoms with Crippen molar-refractivity contribution in [2.45, 2.75) is 57.8 Å². The zero-order valence-electron chi connectivity index (χ0n) is 7.94. The molecule has 0 N–H and O–H groups in total. The van der Waals surface area contributed by atoms with Gasteiger partial charge in [0.15, 0.2) is 0 Å². The van der Waals surface area contributed by atoms with Crippen LogP contribution in [0, 0.1) is 12.0 Å². The fraction of sp³-hybridized carbons (Fsp3) is 0.833. The Morgan fingerprint density at radius 1 is 0.917 bits per heavy atom. The third-order valence-corrected chi connectivity index (χ3v) is 3.32. The minimum Gasteiger partial charge on any atom is -0.0636 e. The molecule has 0 amide bonds. The predicted octanol–water partition coefficient (Wildman–Crippen LogP) is 3.87. The fourth-order valence-corrected chi connectivity index (χ4v) is 2.58. The first-order valence-electron chi connectivity index (χ1n) is 5.56. The Kier molecular flexibility index (Phi) is 2.86. The molecule has 0 nitrogen and oxygen atoms in total. The van der Waals surface area contributed by atoms with Crippen molar-refractivity contribution in [1.82, 2.24) is 0 Å². The van der Waals surface area contributed by atoms with Gasteiger partial charge in [-0.2, -0.15) is 0 Å². The van der Waals surface area contributed by atoms with Gasteiger partial charge in [-0.3, -0.25) is 0 Å². The summed E-state index contributed by atoms with van der Waals surface area (Å²) >= 11 is 0. The molecule has 0 aromatic heterocycles. The zero-order chi connectivity index (χ0) is 8.23. The van der Waals surface area contributed by atoms with Crippen LogP contribution in [0.5, 0.6) is 0 Å². The van der Waals surface area contributed by atoms with Gasteiger partial charge in [0.1, 0.15) is 0 Å². The third kappa shape index (κ3) is 1.91. The highest BCUT2D eigenvalue weighted by Crippen LogP contribution is 2.34. The maximum absolute atomic E-state index is 3.61. The first kappa shape index (κ1) is 8.34. The second kappa shape index (κ2) is 4.11. The zero-order valence-corrected chi connectivity index (χ0v) is 7.94. The largest absolute Gasteiger partial charge is 0.0636 e. The van der Waals surface area contributed by atoms with Crippen LogP contribution < -0.4 is 0 Å². The van der Waals surface area contributed by atoms with Gasteiger partial charge in [0.25, 0.3) is 0 Å². The van der Waals surface area contributed by atoms with Crippen molar-refractivity contribution in [3.05, 3.63) is 11.6 Å². The maximum Gasteiger partial charge on any atom is -0.0197 e. The Morgan fingerprint density at radius 3 is 2.42 bits per heavy atom. The van der Waals surface area contributed by atoms with Gasteiger partial charge in [-0.1, -0.05) is 24.8 Å². The van der Waals surface area contributed by atoms with Crippen LogP contribution in [0.3, 0.4) is 0 Å². The maximum atomic E-state index is 3.61. The quantitative estimate of drug-likeness (QED) is 0.550.